The zero-order valence-electron chi connectivity index (χ0n) is 12.4. The van der Waals surface area contributed by atoms with Crippen molar-refractivity contribution in [2.45, 2.75) is 13.1 Å². The average molecular weight is 293 g/mol. The summed E-state index contributed by atoms with van der Waals surface area (Å²) in [4.78, 5) is 0. The standard InChI is InChI=1S/C18H19N3O/c1-2-7-17(15-21-12-5-11-20-21)16(6-1)14-19-10-3-8-18-9-4-13-22-18/h1-9,11-13,19H,10,14-15H2. The van der Waals surface area contributed by atoms with Crippen molar-refractivity contribution in [2.24, 2.45) is 0 Å². The van der Waals surface area contributed by atoms with E-state index < -0.39 is 0 Å². The third-order valence-electron chi connectivity index (χ3n) is 3.41. The molecule has 0 aliphatic heterocycles. The number of rotatable bonds is 7. The number of benzene rings is 1. The van der Waals surface area contributed by atoms with Gasteiger partial charge in [0, 0.05) is 25.5 Å². The van der Waals surface area contributed by atoms with Gasteiger partial charge in [0.1, 0.15) is 5.76 Å². The van der Waals surface area contributed by atoms with Gasteiger partial charge in [0.25, 0.3) is 0 Å². The van der Waals surface area contributed by atoms with Crippen molar-refractivity contribution >= 4 is 6.08 Å². The van der Waals surface area contributed by atoms with Gasteiger partial charge in [-0.15, -0.1) is 0 Å². The van der Waals surface area contributed by atoms with E-state index in [0.717, 1.165) is 25.4 Å². The summed E-state index contributed by atoms with van der Waals surface area (Å²) in [6.45, 7) is 2.43. The molecule has 0 bridgehead atoms. The van der Waals surface area contributed by atoms with E-state index in [1.165, 1.54) is 11.1 Å². The molecule has 0 fully saturated rings. The molecule has 1 aromatic carbocycles. The fourth-order valence-electron chi connectivity index (χ4n) is 2.30. The molecule has 112 valence electrons. The summed E-state index contributed by atoms with van der Waals surface area (Å²) >= 11 is 0. The quantitative estimate of drug-likeness (QED) is 0.679. The number of nitrogens with one attached hydrogen (secondary N) is 1. The van der Waals surface area contributed by atoms with E-state index in [1.54, 1.807) is 12.5 Å². The summed E-state index contributed by atoms with van der Waals surface area (Å²) in [5, 5.41) is 7.69. The van der Waals surface area contributed by atoms with E-state index in [9.17, 15) is 0 Å². The molecule has 0 unspecified atom stereocenters. The molecule has 2 heterocycles. The SMILES string of the molecule is C(=Cc1ccco1)CNCc1ccccc1Cn1cccn1. The molecule has 0 saturated heterocycles. The Morgan fingerprint density at radius 3 is 2.77 bits per heavy atom. The highest BCUT2D eigenvalue weighted by Crippen LogP contribution is 2.10. The van der Waals surface area contributed by atoms with Crippen LogP contribution in [0.15, 0.2) is 71.6 Å². The van der Waals surface area contributed by atoms with Crippen molar-refractivity contribution in [3.8, 4) is 0 Å². The largest absolute Gasteiger partial charge is 0.465 e. The summed E-state index contributed by atoms with van der Waals surface area (Å²) in [5.41, 5.74) is 2.58. The lowest BCUT2D eigenvalue weighted by Gasteiger charge is -2.10. The van der Waals surface area contributed by atoms with Crippen LogP contribution in [0.5, 0.6) is 0 Å². The molecular formula is C18H19N3O. The van der Waals surface area contributed by atoms with Gasteiger partial charge in [0.15, 0.2) is 0 Å². The Kier molecular flexibility index (Phi) is 4.85. The first-order valence-electron chi connectivity index (χ1n) is 7.37. The van der Waals surface area contributed by atoms with E-state index in [4.69, 9.17) is 4.42 Å². The maximum Gasteiger partial charge on any atom is 0.126 e. The zero-order chi connectivity index (χ0) is 15.0. The molecule has 2 aromatic heterocycles. The van der Waals surface area contributed by atoms with Crippen LogP contribution in [0.3, 0.4) is 0 Å². The van der Waals surface area contributed by atoms with Crippen molar-refractivity contribution in [1.29, 1.82) is 0 Å². The van der Waals surface area contributed by atoms with Gasteiger partial charge in [-0.1, -0.05) is 30.3 Å². The van der Waals surface area contributed by atoms with Gasteiger partial charge in [0.2, 0.25) is 0 Å². The Morgan fingerprint density at radius 1 is 1.09 bits per heavy atom. The van der Waals surface area contributed by atoms with Crippen molar-refractivity contribution in [3.63, 3.8) is 0 Å². The van der Waals surface area contributed by atoms with E-state index in [-0.39, 0.29) is 0 Å². The first-order chi connectivity index (χ1) is 10.9. The maximum absolute atomic E-state index is 5.25. The lowest BCUT2D eigenvalue weighted by atomic mass is 10.1. The molecule has 0 amide bonds. The van der Waals surface area contributed by atoms with Gasteiger partial charge in [-0.2, -0.15) is 5.10 Å². The Bertz CT molecular complexity index is 700. The van der Waals surface area contributed by atoms with Gasteiger partial charge >= 0.3 is 0 Å². The van der Waals surface area contributed by atoms with Crippen molar-refractivity contribution < 1.29 is 4.42 Å². The highest BCUT2D eigenvalue weighted by molar-refractivity contribution is 5.42. The maximum atomic E-state index is 5.25. The van der Waals surface area contributed by atoms with Crippen LogP contribution in [0, 0.1) is 0 Å². The Balaban J connectivity index is 1.54. The second-order valence-electron chi connectivity index (χ2n) is 5.02. The highest BCUT2D eigenvalue weighted by Gasteiger charge is 2.02. The molecule has 0 saturated carbocycles. The summed E-state index contributed by atoms with van der Waals surface area (Å²) in [6.07, 6.45) is 9.51. The Morgan fingerprint density at radius 2 is 2.00 bits per heavy atom. The molecule has 0 aliphatic carbocycles. The molecule has 22 heavy (non-hydrogen) atoms. The van der Waals surface area contributed by atoms with Crippen LogP contribution < -0.4 is 5.32 Å². The number of aromatic nitrogens is 2. The summed E-state index contributed by atoms with van der Waals surface area (Å²) in [6, 6.07) is 14.2. The smallest absolute Gasteiger partial charge is 0.126 e. The topological polar surface area (TPSA) is 43.0 Å². The van der Waals surface area contributed by atoms with Crippen LogP contribution in [0.25, 0.3) is 6.08 Å². The minimum Gasteiger partial charge on any atom is -0.465 e. The third-order valence-corrected chi connectivity index (χ3v) is 3.41. The lowest BCUT2D eigenvalue weighted by molar-refractivity contribution is 0.556. The number of hydrogen-bond acceptors (Lipinski definition) is 3. The van der Waals surface area contributed by atoms with E-state index >= 15 is 0 Å². The van der Waals surface area contributed by atoms with Gasteiger partial charge < -0.3 is 9.73 Å². The molecule has 0 aliphatic rings. The normalized spacial score (nSPS) is 11.3. The fourth-order valence-corrected chi connectivity index (χ4v) is 2.30. The lowest BCUT2D eigenvalue weighted by Crippen LogP contribution is -2.15. The molecule has 0 atom stereocenters. The second-order valence-corrected chi connectivity index (χ2v) is 5.02. The van der Waals surface area contributed by atoms with Crippen molar-refractivity contribution in [1.82, 2.24) is 15.1 Å². The summed E-state index contributed by atoms with van der Waals surface area (Å²) in [7, 11) is 0. The summed E-state index contributed by atoms with van der Waals surface area (Å²) in [5.74, 6) is 0.876. The highest BCUT2D eigenvalue weighted by atomic mass is 16.3. The van der Waals surface area contributed by atoms with Gasteiger partial charge in [0.05, 0.1) is 12.8 Å². The fraction of sp³-hybridized carbons (Fsp3) is 0.167. The van der Waals surface area contributed by atoms with Gasteiger partial charge in [-0.25, -0.2) is 0 Å². The van der Waals surface area contributed by atoms with E-state index in [0.29, 0.717) is 0 Å². The van der Waals surface area contributed by atoms with Crippen molar-refractivity contribution in [2.75, 3.05) is 6.54 Å². The van der Waals surface area contributed by atoms with Gasteiger partial charge in [-0.05, 0) is 35.4 Å². The predicted octanol–water partition coefficient (Wildman–Crippen LogP) is 3.33. The minimum atomic E-state index is 0.799. The molecule has 3 rings (SSSR count). The molecule has 3 aromatic rings. The van der Waals surface area contributed by atoms with Crippen LogP contribution >= 0.6 is 0 Å². The molecule has 1 N–H and O–H groups in total. The molecule has 0 radical (unpaired) electrons. The summed E-state index contributed by atoms with van der Waals surface area (Å²) < 4.78 is 7.19. The van der Waals surface area contributed by atoms with Crippen LogP contribution in [0.1, 0.15) is 16.9 Å². The predicted molar refractivity (Wildman–Crippen MR) is 87.2 cm³/mol. The van der Waals surface area contributed by atoms with E-state index in [1.807, 2.05) is 35.2 Å². The third kappa shape index (κ3) is 3.96. The van der Waals surface area contributed by atoms with Gasteiger partial charge in [-0.3, -0.25) is 4.68 Å². The Labute approximate surface area is 130 Å². The number of furan rings is 1. The first kappa shape index (κ1) is 14.4. The Hall–Kier alpha value is -2.59. The zero-order valence-corrected chi connectivity index (χ0v) is 12.4. The molecule has 4 heteroatoms. The van der Waals surface area contributed by atoms with Crippen LogP contribution in [0.2, 0.25) is 0 Å². The first-order valence-corrected chi connectivity index (χ1v) is 7.37. The van der Waals surface area contributed by atoms with E-state index in [2.05, 4.69) is 40.8 Å². The van der Waals surface area contributed by atoms with Crippen LogP contribution in [0.4, 0.5) is 0 Å². The second kappa shape index (κ2) is 7.43. The molecule has 4 nitrogen and oxygen atoms in total. The average Bonchev–Trinajstić information content (AvgIpc) is 3.22. The monoisotopic (exact) mass is 293 g/mol. The molecular weight excluding hydrogens is 274 g/mol. The number of hydrogen-bond donors (Lipinski definition) is 1. The minimum absolute atomic E-state index is 0.799. The van der Waals surface area contributed by atoms with Crippen molar-refractivity contribution in [3.05, 3.63) is 84.1 Å². The molecule has 0 spiro atoms. The van der Waals surface area contributed by atoms with Crippen LogP contribution in [-0.2, 0) is 13.1 Å². The van der Waals surface area contributed by atoms with Crippen LogP contribution in [-0.4, -0.2) is 16.3 Å². The number of nitrogens with zero attached hydrogens (tertiary/aromatic N) is 2.